The lowest BCUT2D eigenvalue weighted by Gasteiger charge is -2.25. The summed E-state index contributed by atoms with van der Waals surface area (Å²) in [4.78, 5) is 39.5. The van der Waals surface area contributed by atoms with E-state index in [-0.39, 0.29) is 42.0 Å². The number of hydrogen-bond donors (Lipinski definition) is 3. The van der Waals surface area contributed by atoms with E-state index in [4.69, 9.17) is 9.88 Å². The molecule has 0 saturated heterocycles. The number of carbonyl (C=O) groups is 3. The highest BCUT2D eigenvalue weighted by Crippen LogP contribution is 2.22. The minimum absolute atomic E-state index is 0.0215. The van der Waals surface area contributed by atoms with E-state index in [9.17, 15) is 22.8 Å². The minimum atomic E-state index is -3.78. The van der Waals surface area contributed by atoms with Gasteiger partial charge in [-0.05, 0) is 47.6 Å². The maximum Gasteiger partial charge on any atom is 0.408 e. The van der Waals surface area contributed by atoms with Crippen LogP contribution >= 0.6 is 0 Å². The van der Waals surface area contributed by atoms with Crippen molar-refractivity contribution in [3.63, 3.8) is 0 Å². The van der Waals surface area contributed by atoms with Crippen LogP contribution in [0.4, 0.5) is 4.79 Å². The Balaban J connectivity index is 1.64. The van der Waals surface area contributed by atoms with Gasteiger partial charge in [0.05, 0.1) is 10.9 Å². The van der Waals surface area contributed by atoms with Crippen LogP contribution in [-0.2, 0) is 43.8 Å². The van der Waals surface area contributed by atoms with Gasteiger partial charge in [0.25, 0.3) is 0 Å². The molecule has 42 heavy (non-hydrogen) atoms. The van der Waals surface area contributed by atoms with Crippen molar-refractivity contribution < 1.29 is 27.5 Å². The van der Waals surface area contributed by atoms with E-state index in [1.807, 2.05) is 74.5 Å². The molecule has 2 amide bonds. The third kappa shape index (κ3) is 10.4. The molecule has 0 bridgehead atoms. The largest absolute Gasteiger partial charge is 0.445 e. The summed E-state index contributed by atoms with van der Waals surface area (Å²) in [7, 11) is -3.78. The molecule has 3 aromatic carbocycles. The predicted molar refractivity (Wildman–Crippen MR) is 161 cm³/mol. The van der Waals surface area contributed by atoms with Gasteiger partial charge in [-0.1, -0.05) is 93.1 Å². The van der Waals surface area contributed by atoms with Gasteiger partial charge in [-0.25, -0.2) is 18.4 Å². The van der Waals surface area contributed by atoms with Gasteiger partial charge in [0.1, 0.15) is 6.61 Å². The Bertz CT molecular complexity index is 1410. The van der Waals surface area contributed by atoms with Crippen LogP contribution in [-0.4, -0.2) is 38.8 Å². The maximum absolute atomic E-state index is 13.6. The molecule has 0 saturated carbocycles. The molecule has 0 aliphatic carbocycles. The van der Waals surface area contributed by atoms with E-state index in [2.05, 4.69) is 10.6 Å². The Morgan fingerprint density at radius 2 is 1.45 bits per heavy atom. The first-order chi connectivity index (χ1) is 20.1. The van der Waals surface area contributed by atoms with Gasteiger partial charge in [0.15, 0.2) is 5.78 Å². The molecule has 0 heterocycles. The third-order valence-corrected chi connectivity index (χ3v) is 8.16. The monoisotopic (exact) mass is 593 g/mol. The lowest BCUT2D eigenvalue weighted by atomic mass is 9.84. The van der Waals surface area contributed by atoms with Crippen LogP contribution in [0.2, 0.25) is 0 Å². The topological polar surface area (TPSA) is 145 Å². The van der Waals surface area contributed by atoms with E-state index < -0.39 is 28.1 Å². The van der Waals surface area contributed by atoms with Gasteiger partial charge in [0, 0.05) is 18.9 Å². The van der Waals surface area contributed by atoms with Crippen LogP contribution in [0.25, 0.3) is 0 Å². The number of benzene rings is 3. The molecule has 0 radical (unpaired) electrons. The Morgan fingerprint density at radius 1 is 0.857 bits per heavy atom. The maximum atomic E-state index is 13.6. The number of hydrogen-bond acceptors (Lipinski definition) is 6. The zero-order valence-electron chi connectivity index (χ0n) is 24.0. The number of carbonyl (C=O) groups excluding carboxylic acids is 3. The standard InChI is InChI=1S/C32H39N3O6S/c1-3-23(2)28(31(37)34-19-18-24-14-16-27(17-15-24)42(33,39)40)21-30(36)29(20-25-10-6-4-7-11-25)35-32(38)41-22-26-12-8-5-9-13-26/h4-17,23,28-29H,3,18-22H2,1-2H3,(H,34,37)(H,35,38)(H2,33,39,40)/t23?,28-,29-/m1/s1. The fourth-order valence-electron chi connectivity index (χ4n) is 4.50. The molecule has 10 heteroatoms. The molecule has 9 nitrogen and oxygen atoms in total. The SMILES string of the molecule is CCC(C)[C@@H](CC(=O)[C@@H](Cc1ccccc1)NC(=O)OCc1ccccc1)C(=O)NCCc1ccc(S(N)(=O)=O)cc1. The van der Waals surface area contributed by atoms with Crippen molar-refractivity contribution in [2.24, 2.45) is 17.0 Å². The molecule has 224 valence electrons. The summed E-state index contributed by atoms with van der Waals surface area (Å²) < 4.78 is 28.3. The van der Waals surface area contributed by atoms with Crippen molar-refractivity contribution in [1.82, 2.24) is 10.6 Å². The highest BCUT2D eigenvalue weighted by atomic mass is 32.2. The van der Waals surface area contributed by atoms with E-state index in [0.717, 1.165) is 16.7 Å². The number of rotatable bonds is 15. The molecule has 0 spiro atoms. The molecule has 4 N–H and O–H groups in total. The van der Waals surface area contributed by atoms with Crippen LogP contribution in [0, 0.1) is 11.8 Å². The van der Waals surface area contributed by atoms with Crippen LogP contribution in [0.3, 0.4) is 0 Å². The Hall–Kier alpha value is -4.02. The fourth-order valence-corrected chi connectivity index (χ4v) is 5.02. The van der Waals surface area contributed by atoms with Crippen molar-refractivity contribution in [3.8, 4) is 0 Å². The second-order valence-corrected chi connectivity index (χ2v) is 11.9. The number of ether oxygens (including phenoxy) is 1. The molecule has 3 atom stereocenters. The van der Waals surface area contributed by atoms with Gasteiger partial charge in [-0.3, -0.25) is 9.59 Å². The predicted octanol–water partition coefficient (Wildman–Crippen LogP) is 4.15. The zero-order valence-corrected chi connectivity index (χ0v) is 24.8. The van der Waals surface area contributed by atoms with Crippen LogP contribution < -0.4 is 15.8 Å². The van der Waals surface area contributed by atoms with Crippen molar-refractivity contribution in [2.75, 3.05) is 6.54 Å². The number of Topliss-reactive ketones (excluding diaryl/α,β-unsaturated/α-hetero) is 1. The molecule has 0 aromatic heterocycles. The molecular weight excluding hydrogens is 554 g/mol. The number of primary sulfonamides is 1. The normalized spacial score (nSPS) is 13.4. The summed E-state index contributed by atoms with van der Waals surface area (Å²) in [6.45, 7) is 4.27. The van der Waals surface area contributed by atoms with E-state index in [1.54, 1.807) is 12.1 Å². The molecule has 0 aliphatic rings. The fraction of sp³-hybridized carbons (Fsp3) is 0.344. The number of sulfonamides is 1. The van der Waals surface area contributed by atoms with Crippen molar-refractivity contribution in [2.45, 2.75) is 57.1 Å². The smallest absolute Gasteiger partial charge is 0.408 e. The van der Waals surface area contributed by atoms with Crippen molar-refractivity contribution >= 4 is 27.8 Å². The zero-order chi connectivity index (χ0) is 30.5. The molecule has 3 rings (SSSR count). The average molecular weight is 594 g/mol. The Labute approximate surface area is 247 Å². The minimum Gasteiger partial charge on any atom is -0.445 e. The first-order valence-electron chi connectivity index (χ1n) is 14.0. The molecule has 3 aromatic rings. The highest BCUT2D eigenvalue weighted by molar-refractivity contribution is 7.89. The Morgan fingerprint density at radius 3 is 2.02 bits per heavy atom. The van der Waals surface area contributed by atoms with E-state index >= 15 is 0 Å². The van der Waals surface area contributed by atoms with Crippen LogP contribution in [0.1, 0.15) is 43.4 Å². The summed E-state index contributed by atoms with van der Waals surface area (Å²) in [5.41, 5.74) is 2.53. The number of nitrogens with one attached hydrogen (secondary N) is 2. The summed E-state index contributed by atoms with van der Waals surface area (Å²) in [6, 6.07) is 23.9. The average Bonchev–Trinajstić information content (AvgIpc) is 2.98. The summed E-state index contributed by atoms with van der Waals surface area (Å²) in [5, 5.41) is 10.8. The highest BCUT2D eigenvalue weighted by Gasteiger charge is 2.31. The number of alkyl carbamates (subject to hydrolysis) is 1. The van der Waals surface area contributed by atoms with Crippen LogP contribution in [0.5, 0.6) is 0 Å². The summed E-state index contributed by atoms with van der Waals surface area (Å²) in [5.74, 6) is -1.17. The second kappa shape index (κ2) is 15.8. The number of nitrogens with two attached hydrogens (primary N) is 1. The van der Waals surface area contributed by atoms with Gasteiger partial charge >= 0.3 is 6.09 Å². The lowest BCUT2D eigenvalue weighted by molar-refractivity contribution is -0.131. The number of amides is 2. The molecule has 0 fully saturated rings. The molecule has 0 aliphatic heterocycles. The first-order valence-corrected chi connectivity index (χ1v) is 15.5. The second-order valence-electron chi connectivity index (χ2n) is 10.3. The Kier molecular flexibility index (Phi) is 12.3. The van der Waals surface area contributed by atoms with Gasteiger partial charge < -0.3 is 15.4 Å². The van der Waals surface area contributed by atoms with Crippen molar-refractivity contribution in [3.05, 3.63) is 102 Å². The van der Waals surface area contributed by atoms with Crippen LogP contribution in [0.15, 0.2) is 89.8 Å². The van der Waals surface area contributed by atoms with Gasteiger partial charge in [-0.15, -0.1) is 0 Å². The number of ketones is 1. The van der Waals surface area contributed by atoms with Gasteiger partial charge in [0.2, 0.25) is 15.9 Å². The van der Waals surface area contributed by atoms with E-state index in [0.29, 0.717) is 19.4 Å². The quantitative estimate of drug-likeness (QED) is 0.241. The first kappa shape index (κ1) is 32.5. The summed E-state index contributed by atoms with van der Waals surface area (Å²) >= 11 is 0. The van der Waals surface area contributed by atoms with E-state index in [1.165, 1.54) is 12.1 Å². The molecule has 1 unspecified atom stereocenters. The van der Waals surface area contributed by atoms with Gasteiger partial charge in [-0.2, -0.15) is 0 Å². The lowest BCUT2D eigenvalue weighted by Crippen LogP contribution is -2.45. The third-order valence-electron chi connectivity index (χ3n) is 7.23. The summed E-state index contributed by atoms with van der Waals surface area (Å²) in [6.07, 6.45) is 0.690. The van der Waals surface area contributed by atoms with Crippen molar-refractivity contribution in [1.29, 1.82) is 0 Å². The molecular formula is C32H39N3O6S.